The first kappa shape index (κ1) is 13.4. The van der Waals surface area contributed by atoms with Gasteiger partial charge in [-0.25, -0.2) is 4.98 Å². The van der Waals surface area contributed by atoms with Crippen LogP contribution in [-0.2, 0) is 4.74 Å². The summed E-state index contributed by atoms with van der Waals surface area (Å²) in [4.78, 5) is 17.9. The number of aromatic nitrogens is 1. The molecule has 0 bridgehead atoms. The minimum atomic E-state index is -0.109. The zero-order valence-corrected chi connectivity index (χ0v) is 10.5. The van der Waals surface area contributed by atoms with Crippen molar-refractivity contribution in [2.45, 2.75) is 19.9 Å². The van der Waals surface area contributed by atoms with E-state index in [-0.39, 0.29) is 17.8 Å². The van der Waals surface area contributed by atoms with Gasteiger partial charge in [0.15, 0.2) is 0 Å². The number of carbonyl (C=O) groups excluding carboxylic acids is 1. The maximum Gasteiger partial charge on any atom is 0.257 e. The number of hydrogen-bond donors (Lipinski definition) is 1. The molecule has 0 atom stereocenters. The van der Waals surface area contributed by atoms with Gasteiger partial charge in [0.05, 0.1) is 12.2 Å². The molecular formula is C12H19N3O2. The van der Waals surface area contributed by atoms with Crippen molar-refractivity contribution in [3.8, 4) is 0 Å². The second-order valence-electron chi connectivity index (χ2n) is 4.02. The molecule has 5 nitrogen and oxygen atoms in total. The molecule has 5 heteroatoms. The predicted octanol–water partition coefficient (Wildman–Crippen LogP) is 1.16. The van der Waals surface area contributed by atoms with Gasteiger partial charge in [-0.3, -0.25) is 4.79 Å². The van der Waals surface area contributed by atoms with Gasteiger partial charge in [0.25, 0.3) is 5.91 Å². The Bertz CT molecular complexity index is 380. The molecule has 1 aromatic rings. The fraction of sp³-hybridized carbons (Fsp3) is 0.500. The third-order valence-electron chi connectivity index (χ3n) is 2.49. The van der Waals surface area contributed by atoms with Gasteiger partial charge in [0, 0.05) is 25.9 Å². The molecule has 0 spiro atoms. The van der Waals surface area contributed by atoms with Gasteiger partial charge >= 0.3 is 0 Å². The second-order valence-corrected chi connectivity index (χ2v) is 4.02. The van der Waals surface area contributed by atoms with Crippen LogP contribution in [0.3, 0.4) is 0 Å². The molecule has 0 aromatic carbocycles. The quantitative estimate of drug-likeness (QED) is 0.834. The summed E-state index contributed by atoms with van der Waals surface area (Å²) in [6.07, 6.45) is 1.57. The molecule has 0 radical (unpaired) electrons. The Hall–Kier alpha value is -1.62. The molecule has 94 valence electrons. The van der Waals surface area contributed by atoms with Crippen LogP contribution in [0.2, 0.25) is 0 Å². The lowest BCUT2D eigenvalue weighted by Crippen LogP contribution is -2.39. The van der Waals surface area contributed by atoms with E-state index in [2.05, 4.69) is 4.98 Å². The molecule has 1 aromatic heterocycles. The fourth-order valence-corrected chi connectivity index (χ4v) is 1.54. The Morgan fingerprint density at radius 2 is 2.29 bits per heavy atom. The maximum absolute atomic E-state index is 12.3. The van der Waals surface area contributed by atoms with Gasteiger partial charge in [-0.1, -0.05) is 0 Å². The highest BCUT2D eigenvalue weighted by Crippen LogP contribution is 2.12. The molecule has 0 aliphatic heterocycles. The van der Waals surface area contributed by atoms with E-state index >= 15 is 0 Å². The summed E-state index contributed by atoms with van der Waals surface area (Å²) in [5.74, 6) is 0.156. The lowest BCUT2D eigenvalue weighted by atomic mass is 10.2. The van der Waals surface area contributed by atoms with E-state index in [9.17, 15) is 4.79 Å². The Kier molecular flexibility index (Phi) is 4.90. The number of hydrogen-bond acceptors (Lipinski definition) is 4. The van der Waals surface area contributed by atoms with Crippen LogP contribution < -0.4 is 5.73 Å². The summed E-state index contributed by atoms with van der Waals surface area (Å²) in [5.41, 5.74) is 6.14. The number of amides is 1. The van der Waals surface area contributed by atoms with Crippen molar-refractivity contribution in [2.75, 3.05) is 26.0 Å². The molecule has 0 unspecified atom stereocenters. The van der Waals surface area contributed by atoms with Crippen molar-refractivity contribution in [1.29, 1.82) is 0 Å². The van der Waals surface area contributed by atoms with Crippen molar-refractivity contribution in [3.63, 3.8) is 0 Å². The van der Waals surface area contributed by atoms with E-state index in [1.54, 1.807) is 30.3 Å². The van der Waals surface area contributed by atoms with Gasteiger partial charge in [-0.15, -0.1) is 0 Å². The minimum absolute atomic E-state index is 0.0947. The zero-order valence-electron chi connectivity index (χ0n) is 10.5. The zero-order chi connectivity index (χ0) is 12.8. The highest BCUT2D eigenvalue weighted by molar-refractivity contribution is 5.98. The van der Waals surface area contributed by atoms with Gasteiger partial charge < -0.3 is 15.4 Å². The van der Waals surface area contributed by atoms with Crippen molar-refractivity contribution in [3.05, 3.63) is 23.9 Å². The molecule has 1 heterocycles. The van der Waals surface area contributed by atoms with E-state index in [0.29, 0.717) is 18.7 Å². The molecule has 0 aliphatic carbocycles. The average molecular weight is 237 g/mol. The predicted molar refractivity (Wildman–Crippen MR) is 66.7 cm³/mol. The van der Waals surface area contributed by atoms with Crippen LogP contribution in [0.1, 0.15) is 24.2 Å². The number of nitrogens with zero attached hydrogens (tertiary/aromatic N) is 2. The lowest BCUT2D eigenvalue weighted by molar-refractivity contribution is 0.0635. The first-order valence-electron chi connectivity index (χ1n) is 5.58. The summed E-state index contributed by atoms with van der Waals surface area (Å²) in [5, 5.41) is 0. The molecule has 0 saturated heterocycles. The Morgan fingerprint density at radius 3 is 2.82 bits per heavy atom. The summed E-state index contributed by atoms with van der Waals surface area (Å²) in [6.45, 7) is 4.96. The van der Waals surface area contributed by atoms with Crippen LogP contribution in [0.15, 0.2) is 18.3 Å². The molecule has 0 saturated carbocycles. The van der Waals surface area contributed by atoms with Crippen LogP contribution in [0.25, 0.3) is 0 Å². The van der Waals surface area contributed by atoms with Crippen molar-refractivity contribution < 1.29 is 9.53 Å². The maximum atomic E-state index is 12.3. The van der Waals surface area contributed by atoms with E-state index < -0.39 is 0 Å². The molecular weight excluding hydrogens is 218 g/mol. The van der Waals surface area contributed by atoms with E-state index in [0.717, 1.165) is 0 Å². The van der Waals surface area contributed by atoms with Gasteiger partial charge in [-0.2, -0.15) is 0 Å². The molecule has 0 aliphatic rings. The molecule has 1 rings (SSSR count). The number of pyridine rings is 1. The largest absolute Gasteiger partial charge is 0.383 e. The third kappa shape index (κ3) is 3.42. The topological polar surface area (TPSA) is 68.5 Å². The summed E-state index contributed by atoms with van der Waals surface area (Å²) in [7, 11) is 1.61. The number of nitrogens with two attached hydrogens (primary N) is 1. The number of methoxy groups -OCH3 is 1. The first-order chi connectivity index (χ1) is 8.07. The average Bonchev–Trinajstić information content (AvgIpc) is 2.29. The monoisotopic (exact) mass is 237 g/mol. The van der Waals surface area contributed by atoms with Crippen molar-refractivity contribution in [2.24, 2.45) is 0 Å². The van der Waals surface area contributed by atoms with E-state index in [1.165, 1.54) is 0 Å². The normalized spacial score (nSPS) is 10.6. The number of ether oxygens (including phenoxy) is 1. The summed E-state index contributed by atoms with van der Waals surface area (Å²) < 4.78 is 5.00. The van der Waals surface area contributed by atoms with Gasteiger partial charge in [0.1, 0.15) is 5.82 Å². The summed E-state index contributed by atoms with van der Waals surface area (Å²) >= 11 is 0. The molecule has 0 fully saturated rings. The smallest absolute Gasteiger partial charge is 0.257 e. The first-order valence-corrected chi connectivity index (χ1v) is 5.58. The van der Waals surface area contributed by atoms with E-state index in [4.69, 9.17) is 10.5 Å². The minimum Gasteiger partial charge on any atom is -0.383 e. The Labute approximate surface area is 102 Å². The SMILES string of the molecule is COCCN(C(=O)c1cccnc1N)C(C)C. The number of anilines is 1. The fourth-order valence-electron chi connectivity index (χ4n) is 1.54. The summed E-state index contributed by atoms with van der Waals surface area (Å²) in [6, 6.07) is 3.49. The molecule has 17 heavy (non-hydrogen) atoms. The highest BCUT2D eigenvalue weighted by atomic mass is 16.5. The van der Waals surface area contributed by atoms with Gasteiger partial charge in [0.2, 0.25) is 0 Å². The molecule has 1 amide bonds. The second kappa shape index (κ2) is 6.20. The van der Waals surface area contributed by atoms with E-state index in [1.807, 2.05) is 13.8 Å². The molecule has 2 N–H and O–H groups in total. The highest BCUT2D eigenvalue weighted by Gasteiger charge is 2.20. The lowest BCUT2D eigenvalue weighted by Gasteiger charge is -2.26. The van der Waals surface area contributed by atoms with Gasteiger partial charge in [-0.05, 0) is 26.0 Å². The van der Waals surface area contributed by atoms with Crippen molar-refractivity contribution in [1.82, 2.24) is 9.88 Å². The third-order valence-corrected chi connectivity index (χ3v) is 2.49. The van der Waals surface area contributed by atoms with Crippen LogP contribution in [0.4, 0.5) is 5.82 Å². The Morgan fingerprint density at radius 1 is 1.59 bits per heavy atom. The van der Waals surface area contributed by atoms with Crippen LogP contribution in [0, 0.1) is 0 Å². The number of carbonyl (C=O) groups is 1. The van der Waals surface area contributed by atoms with Crippen LogP contribution in [-0.4, -0.2) is 42.1 Å². The van der Waals surface area contributed by atoms with Crippen molar-refractivity contribution >= 4 is 11.7 Å². The number of rotatable bonds is 5. The van der Waals surface area contributed by atoms with Crippen LogP contribution in [0.5, 0.6) is 0 Å². The number of nitrogen functional groups attached to an aromatic ring is 1. The van der Waals surface area contributed by atoms with Crippen LogP contribution >= 0.6 is 0 Å². The Balaban J connectivity index is 2.88. The standard InChI is InChI=1S/C12H19N3O2/c1-9(2)15(7-8-17-3)12(16)10-5-4-6-14-11(10)13/h4-6,9H,7-8H2,1-3H3,(H2,13,14).